The second-order valence-electron chi connectivity index (χ2n) is 4.33. The van der Waals surface area contributed by atoms with E-state index in [0.717, 1.165) is 17.8 Å². The number of benzene rings is 1. The van der Waals surface area contributed by atoms with E-state index in [-0.39, 0.29) is 5.91 Å². The molecule has 1 aromatic carbocycles. The highest BCUT2D eigenvalue weighted by atomic mass is 16.2. The molecule has 1 unspecified atom stereocenters. The van der Waals surface area contributed by atoms with Gasteiger partial charge in [-0.3, -0.25) is 4.79 Å². The second-order valence-corrected chi connectivity index (χ2v) is 4.33. The Kier molecular flexibility index (Phi) is 3.10. The van der Waals surface area contributed by atoms with Crippen LogP contribution in [0.2, 0.25) is 0 Å². The zero-order valence-corrected chi connectivity index (χ0v) is 9.23. The average molecular weight is 219 g/mol. The highest BCUT2D eigenvalue weighted by Crippen LogP contribution is 2.19. The Morgan fingerprint density at radius 1 is 1.44 bits per heavy atom. The van der Waals surface area contributed by atoms with E-state index in [1.54, 1.807) is 0 Å². The van der Waals surface area contributed by atoms with Crippen LogP contribution in [0.1, 0.15) is 12.0 Å². The maximum absolute atomic E-state index is 11.7. The minimum absolute atomic E-state index is 0.192. The minimum Gasteiger partial charge on any atom is -0.399 e. The Hall–Kier alpha value is -1.55. The Balaban J connectivity index is 2.03. The molecule has 1 saturated heterocycles. The van der Waals surface area contributed by atoms with Crippen molar-refractivity contribution in [2.24, 2.45) is 11.7 Å². The van der Waals surface area contributed by atoms with Crippen molar-refractivity contribution in [3.05, 3.63) is 29.8 Å². The highest BCUT2D eigenvalue weighted by Gasteiger charge is 2.28. The van der Waals surface area contributed by atoms with Gasteiger partial charge in [0.05, 0.1) is 0 Å². The number of nitrogen functional groups attached to an aromatic ring is 1. The van der Waals surface area contributed by atoms with Crippen LogP contribution in [0.4, 0.5) is 5.69 Å². The van der Waals surface area contributed by atoms with Gasteiger partial charge < -0.3 is 16.4 Å². The van der Waals surface area contributed by atoms with Gasteiger partial charge in [0.15, 0.2) is 0 Å². The van der Waals surface area contributed by atoms with Gasteiger partial charge in [0.25, 0.3) is 0 Å². The lowest BCUT2D eigenvalue weighted by Crippen LogP contribution is -2.25. The summed E-state index contributed by atoms with van der Waals surface area (Å²) in [5.41, 5.74) is 13.1. The molecule has 4 nitrogen and oxygen atoms in total. The molecule has 0 saturated carbocycles. The smallest absolute Gasteiger partial charge is 0.223 e. The lowest BCUT2D eigenvalue weighted by Gasteiger charge is -2.16. The van der Waals surface area contributed by atoms with Crippen molar-refractivity contribution in [3.8, 4) is 0 Å². The first-order chi connectivity index (χ1) is 7.69. The van der Waals surface area contributed by atoms with E-state index in [0.29, 0.717) is 25.4 Å². The molecule has 0 radical (unpaired) electrons. The molecular formula is C12H17N3O. The van der Waals surface area contributed by atoms with Gasteiger partial charge >= 0.3 is 0 Å². The lowest BCUT2D eigenvalue weighted by atomic mass is 10.1. The number of likely N-dealkylation sites (tertiary alicyclic amines) is 1. The van der Waals surface area contributed by atoms with Crippen LogP contribution < -0.4 is 11.5 Å². The molecule has 1 heterocycles. The molecule has 86 valence electrons. The van der Waals surface area contributed by atoms with Gasteiger partial charge in [-0.15, -0.1) is 0 Å². The van der Waals surface area contributed by atoms with Gasteiger partial charge in [0.1, 0.15) is 0 Å². The number of carbonyl (C=O) groups excluding carboxylic acids is 1. The molecule has 1 amide bonds. The van der Waals surface area contributed by atoms with Crippen molar-refractivity contribution in [1.29, 1.82) is 0 Å². The fraction of sp³-hybridized carbons (Fsp3) is 0.417. The van der Waals surface area contributed by atoms with Crippen molar-refractivity contribution in [2.75, 3.05) is 18.8 Å². The zero-order chi connectivity index (χ0) is 11.5. The highest BCUT2D eigenvalue weighted by molar-refractivity contribution is 5.78. The molecule has 0 spiro atoms. The molecule has 1 fully saturated rings. The molecular weight excluding hydrogens is 202 g/mol. The summed E-state index contributed by atoms with van der Waals surface area (Å²) in [6, 6.07) is 7.64. The summed E-state index contributed by atoms with van der Waals surface area (Å²) in [5.74, 6) is 0.506. The molecule has 0 bridgehead atoms. The third-order valence-corrected chi connectivity index (χ3v) is 2.95. The topological polar surface area (TPSA) is 72.4 Å². The van der Waals surface area contributed by atoms with Crippen LogP contribution in [-0.2, 0) is 11.3 Å². The van der Waals surface area contributed by atoms with E-state index in [2.05, 4.69) is 0 Å². The number of anilines is 1. The van der Waals surface area contributed by atoms with Gasteiger partial charge in [-0.05, 0) is 30.2 Å². The fourth-order valence-corrected chi connectivity index (χ4v) is 2.08. The van der Waals surface area contributed by atoms with Gasteiger partial charge in [-0.25, -0.2) is 0 Å². The molecule has 1 atom stereocenters. The van der Waals surface area contributed by atoms with E-state index < -0.39 is 0 Å². The largest absolute Gasteiger partial charge is 0.399 e. The van der Waals surface area contributed by atoms with Crippen LogP contribution in [0.5, 0.6) is 0 Å². The van der Waals surface area contributed by atoms with Crippen molar-refractivity contribution >= 4 is 11.6 Å². The quantitative estimate of drug-likeness (QED) is 0.730. The third-order valence-electron chi connectivity index (χ3n) is 2.95. The van der Waals surface area contributed by atoms with Crippen LogP contribution in [0.3, 0.4) is 0 Å². The van der Waals surface area contributed by atoms with Crippen LogP contribution in [0.15, 0.2) is 24.3 Å². The van der Waals surface area contributed by atoms with Crippen LogP contribution in [0, 0.1) is 5.92 Å². The molecule has 4 heteroatoms. The summed E-state index contributed by atoms with van der Waals surface area (Å²) >= 11 is 0. The molecule has 4 N–H and O–H groups in total. The Morgan fingerprint density at radius 3 is 2.88 bits per heavy atom. The van der Waals surface area contributed by atoms with E-state index in [1.807, 2.05) is 29.2 Å². The van der Waals surface area contributed by atoms with Crippen LogP contribution in [-0.4, -0.2) is 23.9 Å². The SMILES string of the molecule is NCC1CC(=O)N(Cc2cccc(N)c2)C1. The average Bonchev–Trinajstić information content (AvgIpc) is 2.60. The fourth-order valence-electron chi connectivity index (χ4n) is 2.08. The van der Waals surface area contributed by atoms with Gasteiger partial charge in [-0.1, -0.05) is 12.1 Å². The van der Waals surface area contributed by atoms with Crippen LogP contribution >= 0.6 is 0 Å². The molecule has 0 aromatic heterocycles. The minimum atomic E-state index is 0.192. The third kappa shape index (κ3) is 2.33. The normalized spacial score (nSPS) is 20.4. The van der Waals surface area contributed by atoms with E-state index >= 15 is 0 Å². The maximum Gasteiger partial charge on any atom is 0.223 e. The number of nitrogens with zero attached hydrogens (tertiary/aromatic N) is 1. The van der Waals surface area contributed by atoms with Gasteiger partial charge in [-0.2, -0.15) is 0 Å². The number of hydrogen-bond donors (Lipinski definition) is 2. The molecule has 1 aromatic rings. The number of amides is 1. The van der Waals surface area contributed by atoms with Crippen molar-refractivity contribution < 1.29 is 4.79 Å². The number of hydrogen-bond acceptors (Lipinski definition) is 3. The van der Waals surface area contributed by atoms with Crippen molar-refractivity contribution in [2.45, 2.75) is 13.0 Å². The first-order valence-corrected chi connectivity index (χ1v) is 5.51. The monoisotopic (exact) mass is 219 g/mol. The van der Waals surface area contributed by atoms with Crippen molar-refractivity contribution in [3.63, 3.8) is 0 Å². The summed E-state index contributed by atoms with van der Waals surface area (Å²) in [6.07, 6.45) is 0.582. The first-order valence-electron chi connectivity index (χ1n) is 5.51. The first kappa shape index (κ1) is 11.0. The molecule has 1 aliphatic heterocycles. The van der Waals surface area contributed by atoms with E-state index in [9.17, 15) is 4.79 Å². The van der Waals surface area contributed by atoms with Gasteiger partial charge in [0, 0.05) is 25.2 Å². The predicted octanol–water partition coefficient (Wildman–Crippen LogP) is 0.576. The molecule has 2 rings (SSSR count). The van der Waals surface area contributed by atoms with E-state index in [1.165, 1.54) is 0 Å². The van der Waals surface area contributed by atoms with Gasteiger partial charge in [0.2, 0.25) is 5.91 Å². The summed E-state index contributed by atoms with van der Waals surface area (Å²) < 4.78 is 0. The molecule has 1 aliphatic rings. The predicted molar refractivity (Wildman–Crippen MR) is 63.4 cm³/mol. The summed E-state index contributed by atoms with van der Waals surface area (Å²) in [7, 11) is 0. The summed E-state index contributed by atoms with van der Waals surface area (Å²) in [5, 5.41) is 0. The Labute approximate surface area is 95.2 Å². The standard InChI is InChI=1S/C12H17N3O/c13-6-10-5-12(16)15(8-10)7-9-2-1-3-11(14)4-9/h1-4,10H,5-8,13-14H2. The zero-order valence-electron chi connectivity index (χ0n) is 9.23. The molecule has 16 heavy (non-hydrogen) atoms. The van der Waals surface area contributed by atoms with E-state index in [4.69, 9.17) is 11.5 Å². The number of rotatable bonds is 3. The Bertz CT molecular complexity index is 392. The number of nitrogens with two attached hydrogens (primary N) is 2. The number of carbonyl (C=O) groups is 1. The van der Waals surface area contributed by atoms with Crippen molar-refractivity contribution in [1.82, 2.24) is 4.90 Å². The summed E-state index contributed by atoms with van der Waals surface area (Å²) in [6.45, 7) is 1.99. The molecule has 0 aliphatic carbocycles. The summed E-state index contributed by atoms with van der Waals surface area (Å²) in [4.78, 5) is 13.5. The maximum atomic E-state index is 11.7. The Morgan fingerprint density at radius 2 is 2.25 bits per heavy atom. The second kappa shape index (κ2) is 4.53. The van der Waals surface area contributed by atoms with Crippen LogP contribution in [0.25, 0.3) is 0 Å². The lowest BCUT2D eigenvalue weighted by molar-refractivity contribution is -0.128.